The van der Waals surface area contributed by atoms with E-state index < -0.39 is 5.92 Å². The molecule has 1 saturated carbocycles. The van der Waals surface area contributed by atoms with E-state index in [1.165, 1.54) is 0 Å². The molecule has 0 saturated heterocycles. The van der Waals surface area contributed by atoms with E-state index in [0.717, 1.165) is 5.69 Å². The summed E-state index contributed by atoms with van der Waals surface area (Å²) in [4.78, 5) is 4.45. The van der Waals surface area contributed by atoms with Gasteiger partial charge < -0.3 is 5.32 Å². The summed E-state index contributed by atoms with van der Waals surface area (Å²) in [6.07, 6.45) is 2.31. The molecule has 0 radical (unpaired) electrons. The highest BCUT2D eigenvalue weighted by Gasteiger charge is 2.34. The van der Waals surface area contributed by atoms with Gasteiger partial charge in [0, 0.05) is 31.1 Å². The summed E-state index contributed by atoms with van der Waals surface area (Å²) in [5, 5.41) is 16.6. The fraction of sp³-hybridized carbons (Fsp3) is 0.438. The minimum atomic E-state index is -2.56. The van der Waals surface area contributed by atoms with Crippen LogP contribution >= 0.6 is 0 Å². The first-order valence-electron chi connectivity index (χ1n) is 7.54. The molecule has 3 rings (SSSR count). The minimum absolute atomic E-state index is 0.0525. The molecule has 0 unspecified atom stereocenters. The molecule has 0 bridgehead atoms. The van der Waals surface area contributed by atoms with E-state index in [1.54, 1.807) is 23.0 Å². The number of nitrogens with one attached hydrogen (secondary N) is 1. The minimum Gasteiger partial charge on any atom is -0.367 e. The number of nitrogens with zero attached hydrogens (tertiary/aromatic N) is 4. The molecule has 0 spiro atoms. The van der Waals surface area contributed by atoms with Crippen LogP contribution in [-0.2, 0) is 0 Å². The number of hydrogen-bond acceptors (Lipinski definition) is 4. The Bertz CT molecular complexity index is 737. The van der Waals surface area contributed by atoms with Crippen LogP contribution in [0, 0.1) is 18.3 Å². The maximum Gasteiger partial charge on any atom is 0.248 e. The molecule has 1 N–H and O–H groups in total. The van der Waals surface area contributed by atoms with Gasteiger partial charge in [0.25, 0.3) is 0 Å². The number of aromatic nitrogens is 3. The molecule has 0 atom stereocenters. The Kier molecular flexibility index (Phi) is 3.99. The first kappa shape index (κ1) is 15.4. The zero-order valence-corrected chi connectivity index (χ0v) is 12.8. The van der Waals surface area contributed by atoms with Crippen molar-refractivity contribution >= 4 is 5.82 Å². The molecule has 5 nitrogen and oxygen atoms in total. The van der Waals surface area contributed by atoms with Gasteiger partial charge in [0.1, 0.15) is 5.82 Å². The fourth-order valence-corrected chi connectivity index (χ4v) is 2.71. The number of rotatable bonds is 3. The lowest BCUT2D eigenvalue weighted by molar-refractivity contribution is -0.0361. The van der Waals surface area contributed by atoms with Crippen LogP contribution in [-0.4, -0.2) is 26.7 Å². The third-order valence-corrected chi connectivity index (χ3v) is 3.97. The zero-order valence-electron chi connectivity index (χ0n) is 12.8. The molecule has 120 valence electrons. The molecule has 7 heteroatoms. The molecular weight excluding hydrogens is 300 g/mol. The van der Waals surface area contributed by atoms with E-state index in [4.69, 9.17) is 0 Å². The first-order chi connectivity index (χ1) is 10.9. The van der Waals surface area contributed by atoms with E-state index in [-0.39, 0.29) is 18.9 Å². The van der Waals surface area contributed by atoms with Crippen molar-refractivity contribution in [2.24, 2.45) is 0 Å². The van der Waals surface area contributed by atoms with Crippen molar-refractivity contribution in [3.05, 3.63) is 35.7 Å². The maximum atomic E-state index is 13.2. The van der Waals surface area contributed by atoms with E-state index in [1.807, 2.05) is 13.0 Å². The smallest absolute Gasteiger partial charge is 0.248 e. The van der Waals surface area contributed by atoms with Gasteiger partial charge in [0.05, 0.1) is 17.3 Å². The first-order valence-corrected chi connectivity index (χ1v) is 7.54. The summed E-state index contributed by atoms with van der Waals surface area (Å²) in [6.45, 7) is 1.87. The Morgan fingerprint density at radius 2 is 2.09 bits per heavy atom. The highest BCUT2D eigenvalue weighted by Crippen LogP contribution is 2.34. The fourth-order valence-electron chi connectivity index (χ4n) is 2.71. The van der Waals surface area contributed by atoms with E-state index in [9.17, 15) is 14.0 Å². The van der Waals surface area contributed by atoms with Crippen molar-refractivity contribution in [1.82, 2.24) is 14.8 Å². The van der Waals surface area contributed by atoms with Crippen molar-refractivity contribution in [3.63, 3.8) is 0 Å². The summed E-state index contributed by atoms with van der Waals surface area (Å²) < 4.78 is 28.0. The van der Waals surface area contributed by atoms with Crippen LogP contribution in [0.25, 0.3) is 5.82 Å². The summed E-state index contributed by atoms with van der Waals surface area (Å²) in [5.41, 5.74) is 1.30. The Morgan fingerprint density at radius 1 is 1.35 bits per heavy atom. The van der Waals surface area contributed by atoms with Gasteiger partial charge in [-0.1, -0.05) is 0 Å². The number of aryl methyl sites for hydroxylation is 1. The average molecular weight is 317 g/mol. The van der Waals surface area contributed by atoms with Crippen molar-refractivity contribution in [2.45, 2.75) is 44.6 Å². The number of anilines is 1. The second-order valence-electron chi connectivity index (χ2n) is 5.89. The molecule has 2 aromatic heterocycles. The normalized spacial score (nSPS) is 17.7. The third-order valence-electron chi connectivity index (χ3n) is 3.97. The molecular formula is C16H17F2N5. The van der Waals surface area contributed by atoms with Gasteiger partial charge in [-0.3, -0.25) is 0 Å². The monoisotopic (exact) mass is 317 g/mol. The van der Waals surface area contributed by atoms with Crippen LogP contribution in [0.3, 0.4) is 0 Å². The van der Waals surface area contributed by atoms with Crippen molar-refractivity contribution in [1.29, 1.82) is 5.26 Å². The average Bonchev–Trinajstić information content (AvgIpc) is 2.96. The standard InChI is InChI=1S/C16H17F2N5/c1-11-4-7-23(22-11)15-9-12(10-19)8-14(21-15)20-13-2-5-16(17,18)6-3-13/h4,7-9,13H,2-3,5-6H2,1H3,(H,20,21). The molecule has 2 heterocycles. The number of pyridine rings is 1. The van der Waals surface area contributed by atoms with Gasteiger partial charge in [-0.25, -0.2) is 18.4 Å². The van der Waals surface area contributed by atoms with Crippen molar-refractivity contribution < 1.29 is 8.78 Å². The number of alkyl halides is 2. The second-order valence-corrected chi connectivity index (χ2v) is 5.89. The van der Waals surface area contributed by atoms with Crippen LogP contribution in [0.4, 0.5) is 14.6 Å². The summed E-state index contributed by atoms with van der Waals surface area (Å²) in [5.74, 6) is -1.51. The Labute approximate surface area is 133 Å². The number of nitriles is 1. The highest BCUT2D eigenvalue weighted by atomic mass is 19.3. The molecule has 0 aromatic carbocycles. The Balaban J connectivity index is 1.81. The lowest BCUT2D eigenvalue weighted by Gasteiger charge is -2.29. The Morgan fingerprint density at radius 3 is 2.70 bits per heavy atom. The van der Waals surface area contributed by atoms with Crippen LogP contribution in [0.15, 0.2) is 24.4 Å². The molecule has 2 aromatic rings. The van der Waals surface area contributed by atoms with Gasteiger partial charge in [0.15, 0.2) is 5.82 Å². The van der Waals surface area contributed by atoms with Crippen LogP contribution in [0.1, 0.15) is 36.9 Å². The predicted molar refractivity (Wildman–Crippen MR) is 81.6 cm³/mol. The topological polar surface area (TPSA) is 66.5 Å². The van der Waals surface area contributed by atoms with Crippen LogP contribution < -0.4 is 5.32 Å². The lowest BCUT2D eigenvalue weighted by atomic mass is 9.92. The van der Waals surface area contributed by atoms with Gasteiger partial charge in [0.2, 0.25) is 5.92 Å². The maximum absolute atomic E-state index is 13.2. The summed E-state index contributed by atoms with van der Waals surface area (Å²) in [7, 11) is 0. The van der Waals surface area contributed by atoms with Gasteiger partial charge in [-0.2, -0.15) is 10.4 Å². The third kappa shape index (κ3) is 3.65. The summed E-state index contributed by atoms with van der Waals surface area (Å²) in [6, 6.07) is 7.16. The SMILES string of the molecule is Cc1ccn(-c2cc(C#N)cc(NC3CCC(F)(F)CC3)n2)n1. The van der Waals surface area contributed by atoms with Crippen molar-refractivity contribution in [2.75, 3.05) is 5.32 Å². The molecule has 1 aliphatic carbocycles. The van der Waals surface area contributed by atoms with E-state index in [0.29, 0.717) is 30.0 Å². The van der Waals surface area contributed by atoms with Crippen LogP contribution in [0.2, 0.25) is 0 Å². The summed E-state index contributed by atoms with van der Waals surface area (Å²) >= 11 is 0. The largest absolute Gasteiger partial charge is 0.367 e. The van der Waals surface area contributed by atoms with E-state index in [2.05, 4.69) is 21.5 Å². The zero-order chi connectivity index (χ0) is 16.4. The number of halogens is 2. The quantitative estimate of drug-likeness (QED) is 0.941. The van der Waals surface area contributed by atoms with Gasteiger partial charge in [-0.05, 0) is 31.9 Å². The molecule has 1 aliphatic rings. The predicted octanol–water partition coefficient (Wildman–Crippen LogP) is 3.44. The lowest BCUT2D eigenvalue weighted by Crippen LogP contribution is -2.32. The molecule has 0 aliphatic heterocycles. The second kappa shape index (κ2) is 5.95. The highest BCUT2D eigenvalue weighted by molar-refractivity contribution is 5.48. The Hall–Kier alpha value is -2.49. The van der Waals surface area contributed by atoms with Crippen LogP contribution in [0.5, 0.6) is 0 Å². The van der Waals surface area contributed by atoms with Crippen molar-refractivity contribution in [3.8, 4) is 11.9 Å². The molecule has 1 fully saturated rings. The van der Waals surface area contributed by atoms with Gasteiger partial charge in [-0.15, -0.1) is 0 Å². The molecule has 23 heavy (non-hydrogen) atoms. The molecule has 0 amide bonds. The number of hydrogen-bond donors (Lipinski definition) is 1. The van der Waals surface area contributed by atoms with Gasteiger partial charge >= 0.3 is 0 Å². The van der Waals surface area contributed by atoms with E-state index >= 15 is 0 Å².